The van der Waals surface area contributed by atoms with E-state index in [1.54, 1.807) is 0 Å². The molecular weight excluding hydrogens is 312 g/mol. The van der Waals surface area contributed by atoms with E-state index in [0.717, 1.165) is 25.9 Å². The molecule has 7 nitrogen and oxygen atoms in total. The van der Waals surface area contributed by atoms with Crippen molar-refractivity contribution < 1.29 is 23.9 Å². The number of carbonyl (C=O) groups is 3. The molecule has 0 saturated heterocycles. The van der Waals surface area contributed by atoms with Gasteiger partial charge in [0.05, 0.1) is 19.8 Å². The van der Waals surface area contributed by atoms with Gasteiger partial charge < -0.3 is 14.8 Å². The molecule has 0 radical (unpaired) electrons. The lowest BCUT2D eigenvalue weighted by atomic mass is 10.2. The second-order valence-electron chi connectivity index (χ2n) is 5.55. The molecule has 1 N–H and O–H groups in total. The van der Waals surface area contributed by atoms with Crippen molar-refractivity contribution in [1.82, 2.24) is 10.2 Å². The Morgan fingerprint density at radius 2 is 1.67 bits per heavy atom. The summed E-state index contributed by atoms with van der Waals surface area (Å²) < 4.78 is 10.6. The van der Waals surface area contributed by atoms with Crippen LogP contribution in [0.15, 0.2) is 12.2 Å². The second kappa shape index (κ2) is 12.7. The number of imide groups is 1. The van der Waals surface area contributed by atoms with Crippen LogP contribution in [0.1, 0.15) is 39.0 Å². The molecule has 0 saturated carbocycles. The average Bonchev–Trinajstić information content (AvgIpc) is 2.88. The summed E-state index contributed by atoms with van der Waals surface area (Å²) in [6.45, 7) is 5.32. The quantitative estimate of drug-likeness (QED) is 0.377. The molecule has 0 bridgehead atoms. The van der Waals surface area contributed by atoms with E-state index in [4.69, 9.17) is 9.47 Å². The third-order valence-electron chi connectivity index (χ3n) is 3.48. The Balaban J connectivity index is 1.88. The summed E-state index contributed by atoms with van der Waals surface area (Å²) in [5.41, 5.74) is 0. The van der Waals surface area contributed by atoms with Gasteiger partial charge in [-0.3, -0.25) is 19.3 Å². The fourth-order valence-corrected chi connectivity index (χ4v) is 2.20. The molecular formula is C17H28N2O5. The highest BCUT2D eigenvalue weighted by atomic mass is 16.5. The Labute approximate surface area is 143 Å². The largest absolute Gasteiger partial charge is 0.379 e. The van der Waals surface area contributed by atoms with Gasteiger partial charge in [-0.05, 0) is 19.3 Å². The van der Waals surface area contributed by atoms with Crippen molar-refractivity contribution in [2.75, 3.05) is 39.5 Å². The van der Waals surface area contributed by atoms with Gasteiger partial charge in [0.25, 0.3) is 11.8 Å². The average molecular weight is 340 g/mol. The molecule has 0 aromatic heterocycles. The molecule has 0 aromatic carbocycles. The highest BCUT2D eigenvalue weighted by Gasteiger charge is 2.22. The third-order valence-corrected chi connectivity index (χ3v) is 3.48. The van der Waals surface area contributed by atoms with E-state index in [-0.39, 0.29) is 17.7 Å². The van der Waals surface area contributed by atoms with Crippen molar-refractivity contribution in [2.45, 2.75) is 39.0 Å². The van der Waals surface area contributed by atoms with Gasteiger partial charge in [-0.25, -0.2) is 0 Å². The standard InChI is InChI=1S/C17H28N2O5/c1-2-11-23-13-14-24-12-9-18-15(20)6-4-3-5-10-19-16(21)7-8-17(19)22/h7-8H,2-6,9-14H2,1H3,(H,18,20). The Bertz CT molecular complexity index is 419. The molecule has 0 unspecified atom stereocenters. The van der Waals surface area contributed by atoms with Crippen LogP contribution in [-0.4, -0.2) is 62.1 Å². The van der Waals surface area contributed by atoms with Crippen molar-refractivity contribution >= 4 is 17.7 Å². The lowest BCUT2D eigenvalue weighted by Gasteiger charge is -2.13. The monoisotopic (exact) mass is 340 g/mol. The molecule has 1 aliphatic rings. The van der Waals surface area contributed by atoms with Crippen LogP contribution in [0.25, 0.3) is 0 Å². The molecule has 3 amide bonds. The maximum Gasteiger partial charge on any atom is 0.253 e. The third kappa shape index (κ3) is 8.79. The first-order valence-electron chi connectivity index (χ1n) is 8.61. The second-order valence-corrected chi connectivity index (χ2v) is 5.55. The smallest absolute Gasteiger partial charge is 0.253 e. The molecule has 0 spiro atoms. The summed E-state index contributed by atoms with van der Waals surface area (Å²) in [5, 5.41) is 2.80. The van der Waals surface area contributed by atoms with Crippen LogP contribution in [-0.2, 0) is 23.9 Å². The summed E-state index contributed by atoms with van der Waals surface area (Å²) in [4.78, 5) is 35.5. The minimum absolute atomic E-state index is 0.00387. The maximum absolute atomic E-state index is 11.6. The van der Waals surface area contributed by atoms with Gasteiger partial charge in [0.1, 0.15) is 0 Å². The van der Waals surface area contributed by atoms with E-state index in [2.05, 4.69) is 12.2 Å². The van der Waals surface area contributed by atoms with Crippen molar-refractivity contribution in [1.29, 1.82) is 0 Å². The van der Waals surface area contributed by atoms with Crippen molar-refractivity contribution in [3.8, 4) is 0 Å². The van der Waals surface area contributed by atoms with Crippen molar-refractivity contribution in [3.05, 3.63) is 12.2 Å². The van der Waals surface area contributed by atoms with Gasteiger partial charge in [0.15, 0.2) is 0 Å². The van der Waals surface area contributed by atoms with Crippen LogP contribution in [0.5, 0.6) is 0 Å². The van der Waals surface area contributed by atoms with E-state index < -0.39 is 0 Å². The summed E-state index contributed by atoms with van der Waals surface area (Å²) in [6, 6.07) is 0. The summed E-state index contributed by atoms with van der Waals surface area (Å²) >= 11 is 0. The number of hydrogen-bond acceptors (Lipinski definition) is 5. The van der Waals surface area contributed by atoms with Gasteiger partial charge in [0.2, 0.25) is 5.91 Å². The van der Waals surface area contributed by atoms with Crippen LogP contribution in [0.3, 0.4) is 0 Å². The fourth-order valence-electron chi connectivity index (χ4n) is 2.20. The molecule has 1 aliphatic heterocycles. The van der Waals surface area contributed by atoms with Crippen LogP contribution < -0.4 is 5.32 Å². The zero-order valence-electron chi connectivity index (χ0n) is 14.4. The summed E-state index contributed by atoms with van der Waals surface area (Å²) in [7, 11) is 0. The number of ether oxygens (including phenoxy) is 2. The first-order chi connectivity index (χ1) is 11.6. The van der Waals surface area contributed by atoms with E-state index in [0.29, 0.717) is 45.8 Å². The molecule has 7 heteroatoms. The van der Waals surface area contributed by atoms with E-state index in [1.807, 2.05) is 0 Å². The zero-order valence-corrected chi connectivity index (χ0v) is 14.4. The Morgan fingerprint density at radius 3 is 2.33 bits per heavy atom. The first-order valence-corrected chi connectivity index (χ1v) is 8.61. The molecule has 0 aromatic rings. The van der Waals surface area contributed by atoms with Gasteiger partial charge in [-0.15, -0.1) is 0 Å². The van der Waals surface area contributed by atoms with Crippen LogP contribution in [0, 0.1) is 0 Å². The number of amides is 3. The minimum atomic E-state index is -0.252. The predicted molar refractivity (Wildman–Crippen MR) is 89.3 cm³/mol. The van der Waals surface area contributed by atoms with E-state index >= 15 is 0 Å². The summed E-state index contributed by atoms with van der Waals surface area (Å²) in [5.74, 6) is -0.508. The van der Waals surface area contributed by atoms with Crippen molar-refractivity contribution in [2.24, 2.45) is 0 Å². The lowest BCUT2D eigenvalue weighted by Crippen LogP contribution is -2.31. The van der Waals surface area contributed by atoms with Gasteiger partial charge in [-0.1, -0.05) is 13.3 Å². The van der Waals surface area contributed by atoms with Crippen LogP contribution >= 0.6 is 0 Å². The SMILES string of the molecule is CCCOCCOCCNC(=O)CCCCCN1C(=O)C=CC1=O. The predicted octanol–water partition coefficient (Wildman–Crippen LogP) is 1.03. The highest BCUT2D eigenvalue weighted by Crippen LogP contribution is 2.07. The fraction of sp³-hybridized carbons (Fsp3) is 0.706. The van der Waals surface area contributed by atoms with Crippen LogP contribution in [0.2, 0.25) is 0 Å². The number of carbonyl (C=O) groups excluding carboxylic acids is 3. The maximum atomic E-state index is 11.6. The van der Waals surface area contributed by atoms with Crippen LogP contribution in [0.4, 0.5) is 0 Å². The van der Waals surface area contributed by atoms with Gasteiger partial charge in [0, 0.05) is 38.3 Å². The number of hydrogen-bond donors (Lipinski definition) is 1. The number of unbranched alkanes of at least 4 members (excludes halogenated alkanes) is 2. The Morgan fingerprint density at radius 1 is 1.00 bits per heavy atom. The Hall–Kier alpha value is -1.73. The highest BCUT2D eigenvalue weighted by molar-refractivity contribution is 6.12. The molecule has 136 valence electrons. The molecule has 0 atom stereocenters. The minimum Gasteiger partial charge on any atom is -0.379 e. The topological polar surface area (TPSA) is 84.9 Å². The molecule has 0 aliphatic carbocycles. The number of nitrogens with zero attached hydrogens (tertiary/aromatic N) is 1. The first kappa shape index (κ1) is 20.3. The van der Waals surface area contributed by atoms with Crippen molar-refractivity contribution in [3.63, 3.8) is 0 Å². The molecule has 0 fully saturated rings. The lowest BCUT2D eigenvalue weighted by molar-refractivity contribution is -0.136. The number of rotatable bonds is 14. The van der Waals surface area contributed by atoms with E-state index in [1.165, 1.54) is 17.1 Å². The van der Waals surface area contributed by atoms with Gasteiger partial charge >= 0.3 is 0 Å². The molecule has 1 rings (SSSR count). The zero-order chi connectivity index (χ0) is 17.6. The van der Waals surface area contributed by atoms with E-state index in [9.17, 15) is 14.4 Å². The Kier molecular flexibility index (Phi) is 10.7. The summed E-state index contributed by atoms with van der Waals surface area (Å²) in [6.07, 6.45) is 6.27. The molecule has 1 heterocycles. The molecule has 24 heavy (non-hydrogen) atoms. The number of nitrogens with one attached hydrogen (secondary N) is 1. The van der Waals surface area contributed by atoms with Gasteiger partial charge in [-0.2, -0.15) is 0 Å². The normalized spacial score (nSPS) is 13.8.